The van der Waals surface area contributed by atoms with E-state index in [1.165, 1.54) is 0 Å². The molecule has 19 heavy (non-hydrogen) atoms. The molecule has 1 aliphatic rings. The number of ether oxygens (including phenoxy) is 1. The van der Waals surface area contributed by atoms with E-state index in [0.29, 0.717) is 31.7 Å². The molecule has 1 fully saturated rings. The molecule has 0 bridgehead atoms. The monoisotopic (exact) mass is 265 g/mol. The number of anilines is 1. The summed E-state index contributed by atoms with van der Waals surface area (Å²) in [6, 6.07) is 7.13. The van der Waals surface area contributed by atoms with Gasteiger partial charge in [0, 0.05) is 18.8 Å². The Balaban J connectivity index is 2.12. The first-order valence-corrected chi connectivity index (χ1v) is 6.50. The van der Waals surface area contributed by atoms with Gasteiger partial charge in [-0.05, 0) is 31.5 Å². The van der Waals surface area contributed by atoms with Gasteiger partial charge in [0.05, 0.1) is 24.4 Å². The number of aliphatic hydroxyl groups excluding tert-OH is 2. The Labute approximate surface area is 112 Å². The summed E-state index contributed by atoms with van der Waals surface area (Å²) in [5.74, 6) is -0.345. The molecule has 2 N–H and O–H groups in total. The molecule has 1 aromatic rings. The number of aliphatic hydroxyl groups is 2. The molecule has 1 aromatic carbocycles. The zero-order valence-electron chi connectivity index (χ0n) is 11.0. The first-order chi connectivity index (χ1) is 9.11. The Morgan fingerprint density at radius 2 is 2.21 bits per heavy atom. The first-order valence-electron chi connectivity index (χ1n) is 6.50. The lowest BCUT2D eigenvalue weighted by Gasteiger charge is -2.35. The Kier molecular flexibility index (Phi) is 4.39. The summed E-state index contributed by atoms with van der Waals surface area (Å²) in [7, 11) is 0. The molecule has 5 nitrogen and oxygen atoms in total. The lowest BCUT2D eigenvalue weighted by atomic mass is 10.0. The Hall–Kier alpha value is -1.59. The van der Waals surface area contributed by atoms with Crippen molar-refractivity contribution in [3.63, 3.8) is 0 Å². The van der Waals surface area contributed by atoms with E-state index >= 15 is 0 Å². The molecular weight excluding hydrogens is 246 g/mol. The summed E-state index contributed by atoms with van der Waals surface area (Å²) < 4.78 is 4.96. The summed E-state index contributed by atoms with van der Waals surface area (Å²) in [6.45, 7) is 3.14. The predicted molar refractivity (Wildman–Crippen MR) is 71.2 cm³/mol. The molecule has 0 radical (unpaired) electrons. The maximum absolute atomic E-state index is 11.7. The molecule has 2 rings (SSSR count). The van der Waals surface area contributed by atoms with E-state index in [2.05, 4.69) is 0 Å². The van der Waals surface area contributed by atoms with Gasteiger partial charge >= 0.3 is 5.97 Å². The molecule has 104 valence electrons. The van der Waals surface area contributed by atoms with Crippen LogP contribution in [0.15, 0.2) is 24.3 Å². The summed E-state index contributed by atoms with van der Waals surface area (Å²) in [4.78, 5) is 13.6. The van der Waals surface area contributed by atoms with Gasteiger partial charge in [-0.15, -0.1) is 0 Å². The molecular formula is C14H19NO4. The Bertz CT molecular complexity index is 449. The summed E-state index contributed by atoms with van der Waals surface area (Å²) in [5.41, 5.74) is 1.36. The molecule has 1 aliphatic heterocycles. The third-order valence-corrected chi connectivity index (χ3v) is 3.27. The van der Waals surface area contributed by atoms with Gasteiger partial charge in [-0.25, -0.2) is 4.79 Å². The SMILES string of the molecule is CCOC(=O)c1cccc(N2CC[C@H](O)[C@H](O)C2)c1. The van der Waals surface area contributed by atoms with Crippen LogP contribution >= 0.6 is 0 Å². The second-order valence-electron chi connectivity index (χ2n) is 4.64. The van der Waals surface area contributed by atoms with E-state index in [9.17, 15) is 15.0 Å². The fraction of sp³-hybridized carbons (Fsp3) is 0.500. The fourth-order valence-electron chi connectivity index (χ4n) is 2.20. The first kappa shape index (κ1) is 13.8. The van der Waals surface area contributed by atoms with Crippen LogP contribution < -0.4 is 4.90 Å². The Morgan fingerprint density at radius 3 is 2.89 bits per heavy atom. The minimum absolute atomic E-state index is 0.345. The smallest absolute Gasteiger partial charge is 0.338 e. The number of rotatable bonds is 3. The van der Waals surface area contributed by atoms with Gasteiger partial charge in [-0.3, -0.25) is 0 Å². The van der Waals surface area contributed by atoms with Crippen molar-refractivity contribution in [3.05, 3.63) is 29.8 Å². The number of β-amino-alcohol motifs (C(OH)–C–C–N with tert-alkyl or cyclic N) is 1. The average molecular weight is 265 g/mol. The highest BCUT2D eigenvalue weighted by molar-refractivity contribution is 5.90. The molecule has 0 unspecified atom stereocenters. The van der Waals surface area contributed by atoms with Crippen LogP contribution in [-0.2, 0) is 4.74 Å². The quantitative estimate of drug-likeness (QED) is 0.791. The van der Waals surface area contributed by atoms with Crippen LogP contribution in [0.3, 0.4) is 0 Å². The zero-order valence-corrected chi connectivity index (χ0v) is 11.0. The molecule has 1 heterocycles. The molecule has 1 saturated heterocycles. The number of hydrogen-bond donors (Lipinski definition) is 2. The number of carbonyl (C=O) groups excluding carboxylic acids is 1. The van der Waals surface area contributed by atoms with Gasteiger partial charge in [0.1, 0.15) is 0 Å². The van der Waals surface area contributed by atoms with Crippen LogP contribution in [0.2, 0.25) is 0 Å². The minimum Gasteiger partial charge on any atom is -0.462 e. The van der Waals surface area contributed by atoms with E-state index < -0.39 is 12.2 Å². The van der Waals surface area contributed by atoms with Gasteiger partial charge in [-0.2, -0.15) is 0 Å². The number of benzene rings is 1. The molecule has 0 aliphatic carbocycles. The van der Waals surface area contributed by atoms with Crippen LogP contribution in [-0.4, -0.2) is 48.1 Å². The highest BCUT2D eigenvalue weighted by Crippen LogP contribution is 2.21. The van der Waals surface area contributed by atoms with Crippen molar-refractivity contribution in [2.24, 2.45) is 0 Å². The topological polar surface area (TPSA) is 70.0 Å². The van der Waals surface area contributed by atoms with E-state index in [1.54, 1.807) is 25.1 Å². The molecule has 0 aromatic heterocycles. The highest BCUT2D eigenvalue weighted by Gasteiger charge is 2.26. The van der Waals surface area contributed by atoms with Crippen molar-refractivity contribution in [2.45, 2.75) is 25.6 Å². The van der Waals surface area contributed by atoms with E-state index in [-0.39, 0.29) is 5.97 Å². The van der Waals surface area contributed by atoms with Gasteiger partial charge in [0.2, 0.25) is 0 Å². The maximum Gasteiger partial charge on any atom is 0.338 e. The van der Waals surface area contributed by atoms with Crippen LogP contribution in [0, 0.1) is 0 Å². The largest absolute Gasteiger partial charge is 0.462 e. The number of esters is 1. The van der Waals surface area contributed by atoms with Gasteiger partial charge in [0.15, 0.2) is 0 Å². The van der Waals surface area contributed by atoms with Crippen LogP contribution in [0.5, 0.6) is 0 Å². The summed E-state index contributed by atoms with van der Waals surface area (Å²) >= 11 is 0. The number of hydrogen-bond acceptors (Lipinski definition) is 5. The molecule has 2 atom stereocenters. The van der Waals surface area contributed by atoms with Crippen molar-refractivity contribution >= 4 is 11.7 Å². The van der Waals surface area contributed by atoms with Crippen LogP contribution in [0.4, 0.5) is 5.69 Å². The van der Waals surface area contributed by atoms with Gasteiger partial charge in [0.25, 0.3) is 0 Å². The second kappa shape index (κ2) is 6.04. The third-order valence-electron chi connectivity index (χ3n) is 3.27. The average Bonchev–Trinajstić information content (AvgIpc) is 2.42. The van der Waals surface area contributed by atoms with Crippen molar-refractivity contribution in [1.29, 1.82) is 0 Å². The van der Waals surface area contributed by atoms with Crippen molar-refractivity contribution in [1.82, 2.24) is 0 Å². The molecule has 0 spiro atoms. The lowest BCUT2D eigenvalue weighted by molar-refractivity contribution is 0.00801. The Morgan fingerprint density at radius 1 is 1.42 bits per heavy atom. The fourth-order valence-corrected chi connectivity index (χ4v) is 2.20. The predicted octanol–water partition coefficient (Wildman–Crippen LogP) is 0.795. The van der Waals surface area contributed by atoms with Crippen molar-refractivity contribution in [2.75, 3.05) is 24.6 Å². The molecule has 0 amide bonds. The number of piperidine rings is 1. The standard InChI is InChI=1S/C14H19NO4/c1-2-19-14(18)10-4-3-5-11(8-10)15-7-6-12(16)13(17)9-15/h3-5,8,12-13,16-17H,2,6-7,9H2,1H3/t12-,13+/m0/s1. The maximum atomic E-state index is 11.7. The molecule has 0 saturated carbocycles. The van der Waals surface area contributed by atoms with Crippen molar-refractivity contribution < 1.29 is 19.7 Å². The summed E-state index contributed by atoms with van der Waals surface area (Å²) in [5, 5.41) is 19.2. The van der Waals surface area contributed by atoms with Gasteiger partial charge < -0.3 is 19.8 Å². The van der Waals surface area contributed by atoms with Crippen molar-refractivity contribution in [3.8, 4) is 0 Å². The molecule has 5 heteroatoms. The van der Waals surface area contributed by atoms with E-state index in [4.69, 9.17) is 4.74 Å². The second-order valence-corrected chi connectivity index (χ2v) is 4.64. The third kappa shape index (κ3) is 3.24. The highest BCUT2D eigenvalue weighted by atomic mass is 16.5. The number of carbonyl (C=O) groups is 1. The van der Waals surface area contributed by atoms with E-state index in [0.717, 1.165) is 5.69 Å². The van der Waals surface area contributed by atoms with Crippen LogP contribution in [0.1, 0.15) is 23.7 Å². The normalized spacial score (nSPS) is 23.2. The summed E-state index contributed by atoms with van der Waals surface area (Å²) in [6.07, 6.45) is -0.894. The minimum atomic E-state index is -0.750. The number of nitrogens with zero attached hydrogens (tertiary/aromatic N) is 1. The van der Waals surface area contributed by atoms with Gasteiger partial charge in [-0.1, -0.05) is 6.07 Å². The lowest BCUT2D eigenvalue weighted by Crippen LogP contribution is -2.46. The van der Waals surface area contributed by atoms with E-state index in [1.807, 2.05) is 11.0 Å². The zero-order chi connectivity index (χ0) is 13.8. The van der Waals surface area contributed by atoms with Crippen LogP contribution in [0.25, 0.3) is 0 Å².